The zero-order chi connectivity index (χ0) is 20.6. The highest BCUT2D eigenvalue weighted by atomic mass is 35.5. The van der Waals surface area contributed by atoms with Crippen molar-refractivity contribution in [1.82, 2.24) is 14.8 Å². The molecule has 3 rings (SSSR count). The number of rotatable bonds is 7. The average molecular weight is 435 g/mol. The van der Waals surface area contributed by atoms with Gasteiger partial charge in [-0.05, 0) is 18.6 Å². The van der Waals surface area contributed by atoms with Crippen molar-refractivity contribution in [3.8, 4) is 0 Å². The highest BCUT2D eigenvalue weighted by molar-refractivity contribution is 6.35. The summed E-state index contributed by atoms with van der Waals surface area (Å²) in [5.41, 5.74) is 0.710. The number of hydrogen-bond donors (Lipinski definition) is 1. The molecule has 1 N–H and O–H groups in total. The maximum Gasteiger partial charge on any atom is 0.291 e. The van der Waals surface area contributed by atoms with Gasteiger partial charge in [0.05, 0.1) is 18.2 Å². The van der Waals surface area contributed by atoms with Gasteiger partial charge < -0.3 is 19.4 Å². The molecule has 2 heterocycles. The number of hydrogen-bond acceptors (Lipinski definition) is 7. The Kier molecular flexibility index (Phi) is 8.39. The van der Waals surface area contributed by atoms with Crippen LogP contribution in [-0.4, -0.2) is 51.0 Å². The normalized spacial score (nSPS) is 21.2. The summed E-state index contributed by atoms with van der Waals surface area (Å²) in [6.07, 6.45) is 3.86. The van der Waals surface area contributed by atoms with Crippen LogP contribution >= 0.6 is 23.2 Å². The van der Waals surface area contributed by atoms with Gasteiger partial charge in [-0.25, -0.2) is 9.67 Å². The first-order valence-corrected chi connectivity index (χ1v) is 9.12. The van der Waals surface area contributed by atoms with E-state index in [9.17, 15) is 0 Å². The highest BCUT2D eigenvalue weighted by Crippen LogP contribution is 2.40. The van der Waals surface area contributed by atoms with Crippen LogP contribution in [0.4, 0.5) is 0 Å². The van der Waals surface area contributed by atoms with Gasteiger partial charge in [-0.2, -0.15) is 5.10 Å². The van der Waals surface area contributed by atoms with Crippen LogP contribution < -0.4 is 0 Å². The third kappa shape index (κ3) is 6.28. The lowest BCUT2D eigenvalue weighted by Gasteiger charge is -2.29. The van der Waals surface area contributed by atoms with Gasteiger partial charge in [0.2, 0.25) is 5.79 Å². The Labute approximate surface area is 171 Å². The number of nitrogens with zero attached hydrogens (tertiary/aromatic N) is 4. The Hall–Kier alpha value is -1.98. The van der Waals surface area contributed by atoms with Crippen molar-refractivity contribution in [3.63, 3.8) is 0 Å². The van der Waals surface area contributed by atoms with E-state index < -0.39 is 10.9 Å². The molecule has 2 aromatic rings. The monoisotopic (exact) mass is 434 g/mol. The minimum absolute atomic E-state index is 0.174. The number of ether oxygens (including phenoxy) is 3. The van der Waals surface area contributed by atoms with E-state index in [2.05, 4.69) is 17.0 Å². The van der Waals surface area contributed by atoms with Gasteiger partial charge in [0.1, 0.15) is 25.3 Å². The van der Waals surface area contributed by atoms with E-state index in [1.807, 2.05) is 6.07 Å². The first-order chi connectivity index (χ1) is 13.4. The Balaban J connectivity index is 0.000000640. The van der Waals surface area contributed by atoms with Crippen LogP contribution in [0, 0.1) is 10.1 Å². The molecule has 0 radical (unpaired) electrons. The molecule has 10 nitrogen and oxygen atoms in total. The summed E-state index contributed by atoms with van der Waals surface area (Å²) in [4.78, 5) is 12.3. The second-order valence-corrected chi connectivity index (χ2v) is 6.68. The maximum absolute atomic E-state index is 8.36. The third-order valence-electron chi connectivity index (χ3n) is 3.69. The third-order valence-corrected chi connectivity index (χ3v) is 4.24. The quantitative estimate of drug-likeness (QED) is 0.400. The molecular weight excluding hydrogens is 415 g/mol. The predicted octanol–water partition coefficient (Wildman–Crippen LogP) is 2.93. The first-order valence-electron chi connectivity index (χ1n) is 8.37. The van der Waals surface area contributed by atoms with Gasteiger partial charge >= 0.3 is 0 Å². The highest BCUT2D eigenvalue weighted by Gasteiger charge is 2.45. The Morgan fingerprint density at radius 3 is 2.86 bits per heavy atom. The zero-order valence-corrected chi connectivity index (χ0v) is 16.5. The van der Waals surface area contributed by atoms with Gasteiger partial charge in [-0.15, -0.1) is 10.1 Å². The molecule has 12 heteroatoms. The van der Waals surface area contributed by atoms with Crippen LogP contribution in [0.15, 0.2) is 30.9 Å². The second kappa shape index (κ2) is 10.5. The fourth-order valence-electron chi connectivity index (χ4n) is 2.64. The van der Waals surface area contributed by atoms with E-state index in [-0.39, 0.29) is 6.10 Å². The molecular formula is C16H20Cl2N4O6. The van der Waals surface area contributed by atoms with Crippen LogP contribution in [-0.2, 0) is 26.5 Å². The van der Waals surface area contributed by atoms with Gasteiger partial charge in [0, 0.05) is 17.2 Å². The topological polar surface area (TPSA) is 122 Å². The van der Waals surface area contributed by atoms with Crippen molar-refractivity contribution in [2.75, 3.05) is 19.8 Å². The Bertz CT molecular complexity index is 760. The molecule has 0 amide bonds. The van der Waals surface area contributed by atoms with E-state index in [1.54, 1.807) is 23.1 Å². The van der Waals surface area contributed by atoms with Gasteiger partial charge in [0.15, 0.2) is 0 Å². The summed E-state index contributed by atoms with van der Waals surface area (Å²) < 4.78 is 19.5. The van der Waals surface area contributed by atoms with Crippen LogP contribution in [0.5, 0.6) is 0 Å². The molecule has 0 bridgehead atoms. The van der Waals surface area contributed by atoms with Crippen molar-refractivity contribution in [1.29, 1.82) is 0 Å². The lowest BCUT2D eigenvalue weighted by molar-refractivity contribution is -0.742. The molecule has 0 aliphatic carbocycles. The van der Waals surface area contributed by atoms with Crippen molar-refractivity contribution in [2.45, 2.75) is 31.8 Å². The SMILES string of the molecule is CCCOC[C@@H]1CO[C@@](Cn2cncn2)(c2ccc(Cl)cc2Cl)O1.O=[N+]([O-])O. The summed E-state index contributed by atoms with van der Waals surface area (Å²) in [5.74, 6) is -1.05. The molecule has 1 aliphatic heterocycles. The van der Waals surface area contributed by atoms with E-state index in [1.165, 1.54) is 6.33 Å². The molecule has 1 aromatic carbocycles. The van der Waals surface area contributed by atoms with Gasteiger partial charge in [-0.3, -0.25) is 0 Å². The molecule has 2 atom stereocenters. The van der Waals surface area contributed by atoms with Crippen molar-refractivity contribution < 1.29 is 24.5 Å². The van der Waals surface area contributed by atoms with Crippen LogP contribution in [0.1, 0.15) is 18.9 Å². The molecule has 154 valence electrons. The lowest BCUT2D eigenvalue weighted by Crippen LogP contribution is -2.34. The smallest absolute Gasteiger partial charge is 0.291 e. The summed E-state index contributed by atoms with van der Waals surface area (Å²) in [6.45, 7) is 3.97. The Morgan fingerprint density at radius 2 is 2.25 bits per heavy atom. The predicted molar refractivity (Wildman–Crippen MR) is 98.9 cm³/mol. The molecule has 28 heavy (non-hydrogen) atoms. The summed E-state index contributed by atoms with van der Waals surface area (Å²) in [6, 6.07) is 5.26. The molecule has 1 aliphatic rings. The van der Waals surface area contributed by atoms with E-state index in [0.29, 0.717) is 42.0 Å². The standard InChI is InChI=1S/C16H19Cl2N3O3.HNO3/c1-2-5-22-7-13-8-23-16(24-13,9-21-11-19-10-20-21)14-4-3-12(17)6-15(14)18;2-1(3)4/h3-4,6,10-11,13H,2,5,7-9H2,1H3;(H,2,3,4)/t13-,16-;/m1./s1. The average Bonchev–Trinajstić information content (AvgIpc) is 3.26. The molecule has 1 aromatic heterocycles. The van der Waals surface area contributed by atoms with Crippen molar-refractivity contribution >= 4 is 23.2 Å². The number of halogens is 2. The first kappa shape index (κ1) is 22.3. The summed E-state index contributed by atoms with van der Waals surface area (Å²) in [7, 11) is 0. The van der Waals surface area contributed by atoms with Crippen LogP contribution in [0.3, 0.4) is 0 Å². The summed E-state index contributed by atoms with van der Waals surface area (Å²) >= 11 is 12.4. The Morgan fingerprint density at radius 1 is 1.50 bits per heavy atom. The van der Waals surface area contributed by atoms with E-state index in [0.717, 1.165) is 6.42 Å². The maximum atomic E-state index is 8.36. The molecule has 1 fully saturated rings. The minimum Gasteiger partial charge on any atom is -0.379 e. The molecule has 1 saturated heterocycles. The largest absolute Gasteiger partial charge is 0.379 e. The van der Waals surface area contributed by atoms with Crippen molar-refractivity contribution in [3.05, 3.63) is 56.6 Å². The molecule has 0 unspecified atom stereocenters. The fourth-order valence-corrected chi connectivity index (χ4v) is 3.19. The number of benzene rings is 1. The van der Waals surface area contributed by atoms with Crippen molar-refractivity contribution in [2.24, 2.45) is 0 Å². The second-order valence-electron chi connectivity index (χ2n) is 5.83. The van der Waals surface area contributed by atoms with Gasteiger partial charge in [-0.1, -0.05) is 36.2 Å². The zero-order valence-electron chi connectivity index (χ0n) is 15.0. The molecule has 0 spiro atoms. The van der Waals surface area contributed by atoms with Crippen LogP contribution in [0.25, 0.3) is 0 Å². The minimum atomic E-state index is -1.50. The number of aromatic nitrogens is 3. The molecule has 0 saturated carbocycles. The summed E-state index contributed by atoms with van der Waals surface area (Å²) in [5, 5.41) is 18.8. The van der Waals surface area contributed by atoms with E-state index >= 15 is 0 Å². The van der Waals surface area contributed by atoms with Gasteiger partial charge in [0.25, 0.3) is 5.09 Å². The van der Waals surface area contributed by atoms with Crippen LogP contribution in [0.2, 0.25) is 10.0 Å². The lowest BCUT2D eigenvalue weighted by atomic mass is 10.1. The fraction of sp³-hybridized carbons (Fsp3) is 0.500. The van der Waals surface area contributed by atoms with E-state index in [4.69, 9.17) is 52.7 Å².